The summed E-state index contributed by atoms with van der Waals surface area (Å²) in [7, 11) is 1.50. The van der Waals surface area contributed by atoms with Gasteiger partial charge in [0.15, 0.2) is 12.6 Å². The van der Waals surface area contributed by atoms with Crippen molar-refractivity contribution in [3.63, 3.8) is 0 Å². The van der Waals surface area contributed by atoms with Gasteiger partial charge in [-0.25, -0.2) is 0 Å². The molecule has 6 heteroatoms. The highest BCUT2D eigenvalue weighted by Gasteiger charge is 2.24. The van der Waals surface area contributed by atoms with Crippen LogP contribution in [0.3, 0.4) is 0 Å². The first-order chi connectivity index (χ1) is 10.9. The smallest absolute Gasteiger partial charge is 0.154 e. The van der Waals surface area contributed by atoms with Crippen molar-refractivity contribution in [2.45, 2.75) is 27.2 Å². The van der Waals surface area contributed by atoms with Crippen LogP contribution in [-0.4, -0.2) is 54.8 Å². The highest BCUT2D eigenvalue weighted by molar-refractivity contribution is 5.89. The molecule has 0 fully saturated rings. The van der Waals surface area contributed by atoms with Crippen LogP contribution in [0.4, 0.5) is 0 Å². The zero-order valence-electron chi connectivity index (χ0n) is 14.1. The van der Waals surface area contributed by atoms with E-state index in [1.165, 1.54) is 7.11 Å². The van der Waals surface area contributed by atoms with Gasteiger partial charge in [-0.3, -0.25) is 9.59 Å². The average Bonchev–Trinajstić information content (AvgIpc) is 2.58. The third kappa shape index (κ3) is 5.13. The van der Waals surface area contributed by atoms with E-state index in [4.69, 9.17) is 20.1 Å². The van der Waals surface area contributed by atoms with Crippen LogP contribution in [0.2, 0.25) is 0 Å². The van der Waals surface area contributed by atoms with E-state index in [1.54, 1.807) is 13.0 Å². The Morgan fingerprint density at radius 2 is 1.52 bits per heavy atom. The van der Waals surface area contributed by atoms with Gasteiger partial charge in [0.05, 0.1) is 32.5 Å². The summed E-state index contributed by atoms with van der Waals surface area (Å²) in [6.07, 6.45) is 2.06. The zero-order valence-corrected chi connectivity index (χ0v) is 14.1. The molecule has 1 aromatic rings. The molecule has 0 aliphatic rings. The number of ether oxygens (including phenoxy) is 1. The van der Waals surface area contributed by atoms with Gasteiger partial charge in [-0.2, -0.15) is 0 Å². The normalized spacial score (nSPS) is 10.6. The lowest BCUT2D eigenvalue weighted by Gasteiger charge is -2.24. The van der Waals surface area contributed by atoms with Crippen molar-refractivity contribution in [3.8, 4) is 5.75 Å². The second-order valence-corrected chi connectivity index (χ2v) is 5.41. The second kappa shape index (κ2) is 10.1. The first kappa shape index (κ1) is 21.2. The van der Waals surface area contributed by atoms with Crippen molar-refractivity contribution in [1.29, 1.82) is 0 Å². The Hall–Kier alpha value is -1.76. The maximum atomic E-state index is 10.8. The van der Waals surface area contributed by atoms with E-state index in [0.717, 1.165) is 11.8 Å². The van der Waals surface area contributed by atoms with Gasteiger partial charge in [-0.1, -0.05) is 6.92 Å². The van der Waals surface area contributed by atoms with Gasteiger partial charge in [-0.15, -0.1) is 0 Å². The zero-order chi connectivity index (χ0) is 18.0. The molecule has 130 valence electrons. The molecule has 6 nitrogen and oxygen atoms in total. The van der Waals surface area contributed by atoms with Crippen molar-refractivity contribution in [2.75, 3.05) is 26.9 Å². The predicted octanol–water partition coefficient (Wildman–Crippen LogP) is 1.30. The number of hydrogen-bond donors (Lipinski definition) is 3. The monoisotopic (exact) mass is 326 g/mol. The van der Waals surface area contributed by atoms with E-state index >= 15 is 0 Å². The molecule has 1 aromatic carbocycles. The van der Waals surface area contributed by atoms with E-state index in [-0.39, 0.29) is 19.8 Å². The number of carbonyl (C=O) groups excluding carboxylic acids is 2. The van der Waals surface area contributed by atoms with Gasteiger partial charge >= 0.3 is 0 Å². The van der Waals surface area contributed by atoms with Crippen molar-refractivity contribution in [1.82, 2.24) is 0 Å². The van der Waals surface area contributed by atoms with Gasteiger partial charge in [-0.05, 0) is 37.5 Å². The number of hydrogen-bond acceptors (Lipinski definition) is 6. The third-order valence-corrected chi connectivity index (χ3v) is 4.06. The van der Waals surface area contributed by atoms with E-state index in [1.807, 2.05) is 13.8 Å². The molecule has 0 aliphatic carbocycles. The Morgan fingerprint density at radius 3 is 1.78 bits per heavy atom. The quantitative estimate of drug-likeness (QED) is 0.652. The van der Waals surface area contributed by atoms with E-state index in [2.05, 4.69) is 0 Å². The molecule has 0 atom stereocenters. The van der Waals surface area contributed by atoms with Crippen LogP contribution in [0.5, 0.6) is 5.75 Å². The molecule has 0 radical (unpaired) electrons. The Bertz CT molecular complexity index is 503. The van der Waals surface area contributed by atoms with Crippen LogP contribution in [0.25, 0.3) is 0 Å². The lowest BCUT2D eigenvalue weighted by molar-refractivity contribution is 0.00304. The lowest BCUT2D eigenvalue weighted by atomic mass is 9.88. The molecule has 0 unspecified atom stereocenters. The predicted molar refractivity (Wildman–Crippen MR) is 87.2 cm³/mol. The lowest BCUT2D eigenvalue weighted by Crippen LogP contribution is -2.32. The summed E-state index contributed by atoms with van der Waals surface area (Å²) >= 11 is 0. The Labute approximate surface area is 136 Å². The number of methoxy groups -OCH3 is 1. The molecule has 0 heterocycles. The van der Waals surface area contributed by atoms with Crippen molar-refractivity contribution in [3.05, 3.63) is 28.3 Å². The number of rotatable bonds is 7. The molecule has 23 heavy (non-hydrogen) atoms. The van der Waals surface area contributed by atoms with Crippen molar-refractivity contribution >= 4 is 12.6 Å². The Kier molecular flexibility index (Phi) is 9.32. The fourth-order valence-corrected chi connectivity index (χ4v) is 1.96. The Balaban J connectivity index is 0.000000468. The third-order valence-electron chi connectivity index (χ3n) is 4.06. The van der Waals surface area contributed by atoms with Gasteiger partial charge in [0.2, 0.25) is 0 Å². The molecule has 0 aliphatic heterocycles. The molecule has 1 rings (SSSR count). The molecular formula is C17H26O6. The first-order valence-electron chi connectivity index (χ1n) is 7.31. The largest absolute Gasteiger partial charge is 0.496 e. The number of aldehydes is 2. The van der Waals surface area contributed by atoms with Crippen molar-refractivity contribution in [2.24, 2.45) is 5.41 Å². The molecule has 0 saturated heterocycles. The fraction of sp³-hybridized carbons (Fsp3) is 0.529. The topological polar surface area (TPSA) is 104 Å². The minimum Gasteiger partial charge on any atom is -0.496 e. The summed E-state index contributed by atoms with van der Waals surface area (Å²) in [5.74, 6) is 0.514. The first-order valence-corrected chi connectivity index (χ1v) is 7.31. The molecule has 3 N–H and O–H groups in total. The maximum Gasteiger partial charge on any atom is 0.154 e. The van der Waals surface area contributed by atoms with E-state index in [9.17, 15) is 9.59 Å². The summed E-state index contributed by atoms with van der Waals surface area (Å²) in [4.78, 5) is 21.5. The standard InChI is InChI=1S/C11H12O3.C6H14O3/c1-7-4-11(14-3)10(6-13)8(2)9(7)5-12;1-2-6(3-7,4-8)5-9/h4-6H,1-3H3;7-9H,2-5H2,1H3. The summed E-state index contributed by atoms with van der Waals surface area (Å²) in [5, 5.41) is 26.0. The number of aryl methyl sites for hydroxylation is 1. The van der Waals surface area contributed by atoms with Crippen LogP contribution in [-0.2, 0) is 0 Å². The van der Waals surface area contributed by atoms with Crippen LogP contribution in [0.1, 0.15) is 45.2 Å². The summed E-state index contributed by atoms with van der Waals surface area (Å²) in [6.45, 7) is 4.91. The van der Waals surface area contributed by atoms with Gasteiger partial charge in [0.25, 0.3) is 0 Å². The van der Waals surface area contributed by atoms with Crippen LogP contribution in [0, 0.1) is 19.3 Å². The van der Waals surface area contributed by atoms with Gasteiger partial charge < -0.3 is 20.1 Å². The second-order valence-electron chi connectivity index (χ2n) is 5.41. The van der Waals surface area contributed by atoms with Gasteiger partial charge in [0, 0.05) is 11.0 Å². The highest BCUT2D eigenvalue weighted by atomic mass is 16.5. The van der Waals surface area contributed by atoms with E-state index in [0.29, 0.717) is 35.1 Å². The number of carbonyl (C=O) groups is 2. The molecule has 0 saturated carbocycles. The average molecular weight is 326 g/mol. The van der Waals surface area contributed by atoms with Crippen LogP contribution in [0.15, 0.2) is 6.07 Å². The number of aliphatic hydroxyl groups excluding tert-OH is 3. The molecular weight excluding hydrogens is 300 g/mol. The fourth-order valence-electron chi connectivity index (χ4n) is 1.96. The minimum absolute atomic E-state index is 0.156. The summed E-state index contributed by atoms with van der Waals surface area (Å²) < 4.78 is 5.05. The summed E-state index contributed by atoms with van der Waals surface area (Å²) in [5.41, 5.74) is 1.83. The van der Waals surface area contributed by atoms with Crippen LogP contribution < -0.4 is 4.74 Å². The molecule has 0 spiro atoms. The molecule has 0 amide bonds. The van der Waals surface area contributed by atoms with Crippen LogP contribution >= 0.6 is 0 Å². The molecule has 0 aromatic heterocycles. The van der Waals surface area contributed by atoms with Gasteiger partial charge in [0.1, 0.15) is 5.75 Å². The molecule has 0 bridgehead atoms. The summed E-state index contributed by atoms with van der Waals surface area (Å²) in [6, 6.07) is 1.69. The number of benzene rings is 1. The highest BCUT2D eigenvalue weighted by Crippen LogP contribution is 2.25. The van der Waals surface area contributed by atoms with Crippen molar-refractivity contribution < 1.29 is 29.6 Å². The Morgan fingerprint density at radius 1 is 1.04 bits per heavy atom. The number of aliphatic hydroxyl groups is 3. The SMILES string of the molecule is CCC(CO)(CO)CO.COc1cc(C)c(C=O)c(C)c1C=O. The van der Waals surface area contributed by atoms with E-state index < -0.39 is 5.41 Å². The maximum absolute atomic E-state index is 10.8. The minimum atomic E-state index is -0.667.